The fraction of sp³-hybridized carbons (Fsp3) is 0.344. The van der Waals surface area contributed by atoms with Crippen LogP contribution in [0.25, 0.3) is 22.2 Å². The van der Waals surface area contributed by atoms with Gasteiger partial charge in [0.15, 0.2) is 0 Å². The third kappa shape index (κ3) is 5.37. The summed E-state index contributed by atoms with van der Waals surface area (Å²) < 4.78 is 8.16. The van der Waals surface area contributed by atoms with Gasteiger partial charge < -0.3 is 29.7 Å². The Labute approximate surface area is 240 Å². The standard InChI is InChI=1S/C32H37N7O2/c1-5-30(40)34-26-16-27(29(41-4)17-28(26)38-15-12-21(19-38)18-37(2)3)36-32-33-13-11-25(35-32)24-20-39-14-7-9-22-8-6-10-23(24)31(22)39/h5-6,8,10-11,13,16-17,20-21H,1,7,9,12,14-15,18-19H2,2-4H3,(H,34,40)(H,33,35,36). The fourth-order valence-corrected chi connectivity index (χ4v) is 6.25. The Kier molecular flexibility index (Phi) is 7.36. The van der Waals surface area contributed by atoms with Crippen molar-refractivity contribution in [3.8, 4) is 17.0 Å². The maximum Gasteiger partial charge on any atom is 0.247 e. The van der Waals surface area contributed by atoms with Gasteiger partial charge in [0.1, 0.15) is 5.75 Å². The van der Waals surface area contributed by atoms with E-state index in [4.69, 9.17) is 9.72 Å². The molecule has 0 bridgehead atoms. The van der Waals surface area contributed by atoms with E-state index in [9.17, 15) is 4.79 Å². The van der Waals surface area contributed by atoms with Crippen molar-refractivity contribution in [2.75, 3.05) is 56.4 Å². The Morgan fingerprint density at radius 1 is 1.22 bits per heavy atom. The number of para-hydroxylation sites is 1. The highest BCUT2D eigenvalue weighted by Crippen LogP contribution is 2.40. The molecule has 1 unspecified atom stereocenters. The monoisotopic (exact) mass is 551 g/mol. The maximum absolute atomic E-state index is 12.4. The van der Waals surface area contributed by atoms with Crippen LogP contribution in [-0.4, -0.2) is 66.2 Å². The number of anilines is 4. The SMILES string of the molecule is C=CC(=O)Nc1cc(Nc2nccc(-c3cn4c5c(cccc35)CCC4)n2)c(OC)cc1N1CCC(CN(C)C)C1. The van der Waals surface area contributed by atoms with Crippen molar-refractivity contribution in [2.24, 2.45) is 5.92 Å². The zero-order valence-corrected chi connectivity index (χ0v) is 24.0. The fourth-order valence-electron chi connectivity index (χ4n) is 6.25. The maximum atomic E-state index is 12.4. The number of methoxy groups -OCH3 is 1. The largest absolute Gasteiger partial charge is 0.494 e. The highest BCUT2D eigenvalue weighted by Gasteiger charge is 2.27. The summed E-state index contributed by atoms with van der Waals surface area (Å²) >= 11 is 0. The van der Waals surface area contributed by atoms with E-state index in [-0.39, 0.29) is 5.91 Å². The first-order chi connectivity index (χ1) is 19.9. The van der Waals surface area contributed by atoms with Crippen molar-refractivity contribution in [1.29, 1.82) is 0 Å². The number of carbonyl (C=O) groups excluding carboxylic acids is 1. The predicted octanol–water partition coefficient (Wildman–Crippen LogP) is 5.31. The minimum absolute atomic E-state index is 0.266. The summed E-state index contributed by atoms with van der Waals surface area (Å²) in [5.74, 6) is 1.39. The molecule has 0 radical (unpaired) electrons. The number of rotatable bonds is 9. The van der Waals surface area contributed by atoms with Gasteiger partial charge in [-0.1, -0.05) is 24.8 Å². The molecular weight excluding hydrogens is 514 g/mol. The molecule has 41 heavy (non-hydrogen) atoms. The van der Waals surface area contributed by atoms with Crippen molar-refractivity contribution >= 4 is 39.8 Å². The van der Waals surface area contributed by atoms with E-state index in [2.05, 4.69) is 75.1 Å². The van der Waals surface area contributed by atoms with Gasteiger partial charge in [-0.15, -0.1) is 0 Å². The van der Waals surface area contributed by atoms with Gasteiger partial charge in [-0.3, -0.25) is 4.79 Å². The Hall–Kier alpha value is -4.37. The quantitative estimate of drug-likeness (QED) is 0.273. The normalized spacial score (nSPS) is 16.3. The number of hydrogen-bond donors (Lipinski definition) is 2. The van der Waals surface area contributed by atoms with Crippen molar-refractivity contribution in [3.63, 3.8) is 0 Å². The Bertz CT molecular complexity index is 1610. The first-order valence-electron chi connectivity index (χ1n) is 14.2. The van der Waals surface area contributed by atoms with Crippen molar-refractivity contribution in [3.05, 3.63) is 67.0 Å². The minimum Gasteiger partial charge on any atom is -0.494 e. The van der Waals surface area contributed by atoms with Gasteiger partial charge in [-0.05, 0) is 63.0 Å². The lowest BCUT2D eigenvalue weighted by Gasteiger charge is -2.25. The summed E-state index contributed by atoms with van der Waals surface area (Å²) in [7, 11) is 5.85. The van der Waals surface area contributed by atoms with Crippen LogP contribution in [0.1, 0.15) is 18.4 Å². The summed E-state index contributed by atoms with van der Waals surface area (Å²) in [5.41, 5.74) is 6.91. The van der Waals surface area contributed by atoms with Crippen molar-refractivity contribution in [2.45, 2.75) is 25.8 Å². The topological polar surface area (TPSA) is 87.5 Å². The second-order valence-corrected chi connectivity index (χ2v) is 11.2. The van der Waals surface area contributed by atoms with E-state index in [1.807, 2.05) is 18.2 Å². The molecule has 2 aromatic heterocycles. The predicted molar refractivity (Wildman–Crippen MR) is 165 cm³/mol. The number of ether oxygens (including phenoxy) is 1. The number of carbonyl (C=O) groups is 1. The Morgan fingerprint density at radius 2 is 2.10 bits per heavy atom. The van der Waals surface area contributed by atoms with Gasteiger partial charge in [0.2, 0.25) is 11.9 Å². The van der Waals surface area contributed by atoms with Gasteiger partial charge in [0, 0.05) is 55.6 Å². The van der Waals surface area contributed by atoms with E-state index in [1.165, 1.54) is 22.5 Å². The molecule has 2 aromatic carbocycles. The van der Waals surface area contributed by atoms with Crippen LogP contribution in [0.5, 0.6) is 5.75 Å². The van der Waals surface area contributed by atoms with Crippen LogP contribution in [0, 0.1) is 5.92 Å². The minimum atomic E-state index is -0.266. The number of nitrogens with zero attached hydrogens (tertiary/aromatic N) is 5. The summed E-state index contributed by atoms with van der Waals surface area (Å²) in [5, 5.41) is 7.56. The molecule has 0 aliphatic carbocycles. The second kappa shape index (κ2) is 11.2. The molecule has 9 heteroatoms. The molecule has 6 rings (SSSR count). The molecule has 1 atom stereocenters. The first kappa shape index (κ1) is 26.8. The molecule has 9 nitrogen and oxygen atoms in total. The van der Waals surface area contributed by atoms with Gasteiger partial charge >= 0.3 is 0 Å². The van der Waals surface area contributed by atoms with Crippen LogP contribution in [0.15, 0.2) is 61.4 Å². The van der Waals surface area contributed by atoms with E-state index in [0.29, 0.717) is 29.0 Å². The molecule has 4 heterocycles. The average molecular weight is 552 g/mol. The summed E-state index contributed by atoms with van der Waals surface area (Å²) in [4.78, 5) is 26.4. The molecule has 1 saturated heterocycles. The van der Waals surface area contributed by atoms with Crippen molar-refractivity contribution < 1.29 is 9.53 Å². The van der Waals surface area contributed by atoms with Crippen LogP contribution >= 0.6 is 0 Å². The second-order valence-electron chi connectivity index (χ2n) is 11.2. The molecule has 212 valence electrons. The first-order valence-corrected chi connectivity index (χ1v) is 14.2. The highest BCUT2D eigenvalue weighted by atomic mass is 16.5. The third-order valence-electron chi connectivity index (χ3n) is 8.02. The molecule has 0 saturated carbocycles. The van der Waals surface area contributed by atoms with Crippen LogP contribution in [0.4, 0.5) is 23.0 Å². The molecule has 2 aliphatic heterocycles. The van der Waals surface area contributed by atoms with Crippen molar-refractivity contribution in [1.82, 2.24) is 19.4 Å². The number of nitrogens with one attached hydrogen (secondary N) is 2. The highest BCUT2D eigenvalue weighted by molar-refractivity contribution is 6.02. The summed E-state index contributed by atoms with van der Waals surface area (Å²) in [6.07, 6.45) is 8.60. The molecule has 4 aromatic rings. The zero-order chi connectivity index (χ0) is 28.5. The summed E-state index contributed by atoms with van der Waals surface area (Å²) in [6, 6.07) is 12.3. The third-order valence-corrected chi connectivity index (χ3v) is 8.02. The smallest absolute Gasteiger partial charge is 0.247 e. The average Bonchev–Trinajstić information content (AvgIpc) is 3.59. The molecule has 0 spiro atoms. The Morgan fingerprint density at radius 3 is 2.90 bits per heavy atom. The number of hydrogen-bond acceptors (Lipinski definition) is 7. The van der Waals surface area contributed by atoms with E-state index in [1.54, 1.807) is 13.3 Å². The number of aromatic nitrogens is 3. The lowest BCUT2D eigenvalue weighted by molar-refractivity contribution is -0.111. The lowest BCUT2D eigenvalue weighted by atomic mass is 10.0. The Balaban J connectivity index is 1.33. The van der Waals surface area contributed by atoms with Gasteiger partial charge in [0.05, 0.1) is 35.4 Å². The van der Waals surface area contributed by atoms with Gasteiger partial charge in [0.25, 0.3) is 0 Å². The van der Waals surface area contributed by atoms with E-state index >= 15 is 0 Å². The number of benzene rings is 2. The van der Waals surface area contributed by atoms with E-state index < -0.39 is 0 Å². The molecule has 1 fully saturated rings. The number of amides is 1. The van der Waals surface area contributed by atoms with Crippen LogP contribution in [0.3, 0.4) is 0 Å². The van der Waals surface area contributed by atoms with Crippen LogP contribution in [0.2, 0.25) is 0 Å². The van der Waals surface area contributed by atoms with Gasteiger partial charge in [-0.2, -0.15) is 0 Å². The van der Waals surface area contributed by atoms with Gasteiger partial charge in [-0.25, -0.2) is 9.97 Å². The molecule has 2 aliphatic rings. The molecule has 2 N–H and O–H groups in total. The van der Waals surface area contributed by atoms with Crippen LogP contribution in [-0.2, 0) is 17.8 Å². The molecule has 1 amide bonds. The zero-order valence-electron chi connectivity index (χ0n) is 24.0. The molecular formula is C32H37N7O2. The lowest BCUT2D eigenvalue weighted by Crippen LogP contribution is -2.26. The number of aryl methyl sites for hydroxylation is 2. The van der Waals surface area contributed by atoms with E-state index in [0.717, 1.165) is 62.4 Å². The summed E-state index contributed by atoms with van der Waals surface area (Å²) in [6.45, 7) is 7.49. The van der Waals surface area contributed by atoms with Crippen LogP contribution < -0.4 is 20.3 Å².